The SMILES string of the molecule is CCNC(=NCC(=O)N1CCCC1)NCCCOc1ccc(C)cc1.I. The van der Waals surface area contributed by atoms with Crippen LogP contribution in [0.4, 0.5) is 0 Å². The quantitative estimate of drug-likeness (QED) is 0.263. The van der Waals surface area contributed by atoms with Gasteiger partial charge in [0.05, 0.1) is 6.61 Å². The van der Waals surface area contributed by atoms with Gasteiger partial charge in [0, 0.05) is 26.2 Å². The first-order chi connectivity index (χ1) is 12.2. The Hall–Kier alpha value is -1.51. The van der Waals surface area contributed by atoms with E-state index in [1.165, 1.54) is 5.56 Å². The number of benzene rings is 1. The van der Waals surface area contributed by atoms with Crippen LogP contribution in [0.1, 0.15) is 31.7 Å². The number of hydrogen-bond acceptors (Lipinski definition) is 3. The van der Waals surface area contributed by atoms with Gasteiger partial charge in [-0.1, -0.05) is 17.7 Å². The minimum atomic E-state index is 0. The lowest BCUT2D eigenvalue weighted by Crippen LogP contribution is -2.39. The predicted octanol–water partition coefficient (Wildman–Crippen LogP) is 2.56. The summed E-state index contributed by atoms with van der Waals surface area (Å²) in [5.41, 5.74) is 1.23. The number of nitrogens with one attached hydrogen (secondary N) is 2. The second kappa shape index (κ2) is 12.8. The molecule has 1 aromatic rings. The molecule has 1 fully saturated rings. The van der Waals surface area contributed by atoms with Gasteiger partial charge in [0.2, 0.25) is 5.91 Å². The Bertz CT molecular complexity index is 557. The van der Waals surface area contributed by atoms with Crippen LogP contribution in [0.3, 0.4) is 0 Å². The van der Waals surface area contributed by atoms with Gasteiger partial charge in [-0.25, -0.2) is 4.99 Å². The van der Waals surface area contributed by atoms with Gasteiger partial charge in [-0.05, 0) is 45.2 Å². The Kier molecular flexibility index (Phi) is 11.1. The Morgan fingerprint density at radius 1 is 1.19 bits per heavy atom. The van der Waals surface area contributed by atoms with Crippen molar-refractivity contribution in [1.29, 1.82) is 0 Å². The molecule has 2 N–H and O–H groups in total. The summed E-state index contributed by atoms with van der Waals surface area (Å²) >= 11 is 0. The average molecular weight is 474 g/mol. The lowest BCUT2D eigenvalue weighted by Gasteiger charge is -2.15. The van der Waals surface area contributed by atoms with E-state index in [1.807, 2.05) is 36.1 Å². The van der Waals surface area contributed by atoms with Crippen LogP contribution in [-0.4, -0.2) is 56.1 Å². The third-order valence-corrected chi connectivity index (χ3v) is 4.08. The number of nitrogens with zero attached hydrogens (tertiary/aromatic N) is 2. The van der Waals surface area contributed by atoms with Crippen LogP contribution in [0.25, 0.3) is 0 Å². The molecule has 0 aliphatic carbocycles. The molecule has 0 atom stereocenters. The van der Waals surface area contributed by atoms with E-state index >= 15 is 0 Å². The molecule has 1 aliphatic heterocycles. The molecule has 1 aliphatic rings. The summed E-state index contributed by atoms with van der Waals surface area (Å²) in [4.78, 5) is 18.3. The molecule has 146 valence electrons. The van der Waals surface area contributed by atoms with Gasteiger partial charge in [0.15, 0.2) is 5.96 Å². The number of carbonyl (C=O) groups excluding carboxylic acids is 1. The molecular weight excluding hydrogens is 443 g/mol. The van der Waals surface area contributed by atoms with Gasteiger partial charge in [0.1, 0.15) is 12.3 Å². The monoisotopic (exact) mass is 474 g/mol. The van der Waals surface area contributed by atoms with Crippen LogP contribution in [0, 0.1) is 6.92 Å². The van der Waals surface area contributed by atoms with Crippen molar-refractivity contribution in [3.63, 3.8) is 0 Å². The summed E-state index contributed by atoms with van der Waals surface area (Å²) in [7, 11) is 0. The number of hydrogen-bond donors (Lipinski definition) is 2. The standard InChI is InChI=1S/C19H30N4O2.HI/c1-3-20-19(22-15-18(24)23-12-4-5-13-23)21-11-6-14-25-17-9-7-16(2)8-10-17;/h7-10H,3-6,11-15H2,1-2H3,(H2,20,21,22);1H. The maximum Gasteiger partial charge on any atom is 0.244 e. The van der Waals surface area contributed by atoms with Crippen molar-refractivity contribution in [3.05, 3.63) is 29.8 Å². The van der Waals surface area contributed by atoms with Crippen molar-refractivity contribution in [3.8, 4) is 5.75 Å². The Balaban J connectivity index is 0.00000338. The van der Waals surface area contributed by atoms with Crippen LogP contribution < -0.4 is 15.4 Å². The normalized spacial score (nSPS) is 13.9. The van der Waals surface area contributed by atoms with E-state index in [0.29, 0.717) is 12.6 Å². The van der Waals surface area contributed by atoms with E-state index in [1.54, 1.807) is 0 Å². The summed E-state index contributed by atoms with van der Waals surface area (Å²) in [6.45, 7) is 8.17. The van der Waals surface area contributed by atoms with Crippen LogP contribution in [0.2, 0.25) is 0 Å². The molecule has 7 heteroatoms. The first-order valence-corrected chi connectivity index (χ1v) is 9.18. The van der Waals surface area contributed by atoms with Crippen molar-refractivity contribution in [1.82, 2.24) is 15.5 Å². The molecule has 1 aromatic carbocycles. The Morgan fingerprint density at radius 2 is 1.88 bits per heavy atom. The summed E-state index contributed by atoms with van der Waals surface area (Å²) in [6, 6.07) is 8.05. The fourth-order valence-corrected chi connectivity index (χ4v) is 2.66. The molecule has 0 aromatic heterocycles. The second-order valence-electron chi connectivity index (χ2n) is 6.22. The number of guanidine groups is 1. The van der Waals surface area contributed by atoms with E-state index in [0.717, 1.165) is 51.2 Å². The van der Waals surface area contributed by atoms with E-state index in [-0.39, 0.29) is 36.4 Å². The maximum absolute atomic E-state index is 12.1. The maximum atomic E-state index is 12.1. The van der Waals surface area contributed by atoms with E-state index < -0.39 is 0 Å². The number of rotatable bonds is 8. The van der Waals surface area contributed by atoms with Crippen molar-refractivity contribution >= 4 is 35.8 Å². The topological polar surface area (TPSA) is 66.0 Å². The number of halogens is 1. The van der Waals surface area contributed by atoms with Crippen molar-refractivity contribution in [2.24, 2.45) is 4.99 Å². The molecule has 1 amide bonds. The summed E-state index contributed by atoms with van der Waals surface area (Å²) in [5.74, 6) is 1.69. The molecule has 1 saturated heterocycles. The predicted molar refractivity (Wildman–Crippen MR) is 117 cm³/mol. The van der Waals surface area contributed by atoms with Crippen molar-refractivity contribution < 1.29 is 9.53 Å². The third-order valence-electron chi connectivity index (χ3n) is 4.08. The molecule has 0 bridgehead atoms. The highest BCUT2D eigenvalue weighted by atomic mass is 127. The first kappa shape index (κ1) is 22.5. The highest BCUT2D eigenvalue weighted by molar-refractivity contribution is 14.0. The smallest absolute Gasteiger partial charge is 0.244 e. The van der Waals surface area contributed by atoms with E-state index in [9.17, 15) is 4.79 Å². The summed E-state index contributed by atoms with van der Waals surface area (Å²) in [5, 5.41) is 6.42. The van der Waals surface area contributed by atoms with Crippen LogP contribution in [0.15, 0.2) is 29.3 Å². The molecule has 0 spiro atoms. The highest BCUT2D eigenvalue weighted by Gasteiger charge is 2.17. The first-order valence-electron chi connectivity index (χ1n) is 9.18. The number of ether oxygens (including phenoxy) is 1. The molecule has 1 heterocycles. The average Bonchev–Trinajstić information content (AvgIpc) is 3.15. The minimum absolute atomic E-state index is 0. The number of carbonyl (C=O) groups is 1. The number of aryl methyl sites for hydroxylation is 1. The van der Waals surface area contributed by atoms with Crippen molar-refractivity contribution in [2.75, 3.05) is 39.3 Å². The molecule has 0 unspecified atom stereocenters. The highest BCUT2D eigenvalue weighted by Crippen LogP contribution is 2.11. The van der Waals surface area contributed by atoms with Crippen molar-refractivity contribution in [2.45, 2.75) is 33.1 Å². The largest absolute Gasteiger partial charge is 0.494 e. The molecule has 0 saturated carbocycles. The number of likely N-dealkylation sites (tertiary alicyclic amines) is 1. The van der Waals surface area contributed by atoms with Gasteiger partial charge in [0.25, 0.3) is 0 Å². The van der Waals surface area contributed by atoms with Crippen LogP contribution >= 0.6 is 24.0 Å². The number of aliphatic imine (C=N–C) groups is 1. The lowest BCUT2D eigenvalue weighted by atomic mass is 10.2. The number of amides is 1. The van der Waals surface area contributed by atoms with E-state index in [4.69, 9.17) is 4.74 Å². The molecule has 0 radical (unpaired) electrons. The van der Waals surface area contributed by atoms with Gasteiger partial charge < -0.3 is 20.3 Å². The fraction of sp³-hybridized carbons (Fsp3) is 0.579. The molecule has 26 heavy (non-hydrogen) atoms. The Labute approximate surface area is 173 Å². The fourth-order valence-electron chi connectivity index (χ4n) is 2.66. The summed E-state index contributed by atoms with van der Waals surface area (Å²) in [6.07, 6.45) is 3.07. The second-order valence-corrected chi connectivity index (χ2v) is 6.22. The third kappa shape index (κ3) is 8.25. The lowest BCUT2D eigenvalue weighted by molar-refractivity contribution is -0.128. The van der Waals surface area contributed by atoms with Gasteiger partial charge in [-0.15, -0.1) is 24.0 Å². The summed E-state index contributed by atoms with van der Waals surface area (Å²) < 4.78 is 5.71. The zero-order chi connectivity index (χ0) is 17.9. The zero-order valence-corrected chi connectivity index (χ0v) is 18.1. The molecule has 6 nitrogen and oxygen atoms in total. The van der Waals surface area contributed by atoms with E-state index in [2.05, 4.69) is 22.5 Å². The van der Waals surface area contributed by atoms with Gasteiger partial charge >= 0.3 is 0 Å². The van der Waals surface area contributed by atoms with Crippen LogP contribution in [-0.2, 0) is 4.79 Å². The Morgan fingerprint density at radius 3 is 2.54 bits per heavy atom. The van der Waals surface area contributed by atoms with Gasteiger partial charge in [-0.2, -0.15) is 0 Å². The minimum Gasteiger partial charge on any atom is -0.494 e. The van der Waals surface area contributed by atoms with Crippen LogP contribution in [0.5, 0.6) is 5.75 Å². The van der Waals surface area contributed by atoms with Gasteiger partial charge in [-0.3, -0.25) is 4.79 Å². The zero-order valence-electron chi connectivity index (χ0n) is 15.8. The molecule has 2 rings (SSSR count). The molecular formula is C19H31IN4O2.